The molecule has 0 fully saturated rings. The fourth-order valence-corrected chi connectivity index (χ4v) is 2.61. The molecule has 0 aliphatic carbocycles. The number of anilines is 1. The van der Waals surface area contributed by atoms with Crippen molar-refractivity contribution in [1.29, 1.82) is 0 Å². The van der Waals surface area contributed by atoms with Crippen molar-refractivity contribution in [2.75, 3.05) is 5.32 Å². The Hall–Kier alpha value is -3.40. The van der Waals surface area contributed by atoms with Gasteiger partial charge in [-0.3, -0.25) is 9.59 Å². The molecule has 0 spiro atoms. The zero-order chi connectivity index (χ0) is 18.4. The summed E-state index contributed by atoms with van der Waals surface area (Å²) in [5.74, 6) is -0.310. The molecule has 0 aliphatic heterocycles. The van der Waals surface area contributed by atoms with Crippen molar-refractivity contribution in [1.82, 2.24) is 5.32 Å². The molecular formula is C22H20N2O2. The van der Waals surface area contributed by atoms with Gasteiger partial charge in [-0.15, -0.1) is 0 Å². The molecule has 0 saturated carbocycles. The van der Waals surface area contributed by atoms with Crippen molar-refractivity contribution in [3.05, 3.63) is 101 Å². The second-order valence-corrected chi connectivity index (χ2v) is 6.01. The van der Waals surface area contributed by atoms with Crippen LogP contribution in [0.2, 0.25) is 0 Å². The first kappa shape index (κ1) is 17.4. The Labute approximate surface area is 152 Å². The number of nitrogens with one attached hydrogen (secondary N) is 2. The van der Waals surface area contributed by atoms with E-state index >= 15 is 0 Å². The van der Waals surface area contributed by atoms with Crippen molar-refractivity contribution < 1.29 is 9.59 Å². The van der Waals surface area contributed by atoms with E-state index in [-0.39, 0.29) is 11.8 Å². The van der Waals surface area contributed by atoms with Crippen molar-refractivity contribution in [2.24, 2.45) is 0 Å². The van der Waals surface area contributed by atoms with Gasteiger partial charge in [0, 0.05) is 23.4 Å². The number of hydrogen-bond donors (Lipinski definition) is 2. The summed E-state index contributed by atoms with van der Waals surface area (Å²) >= 11 is 0. The maximum Gasteiger partial charge on any atom is 0.255 e. The SMILES string of the molecule is Cc1ccccc1C(=O)Nc1ccc(C(=O)NCc2ccccc2)cc1. The zero-order valence-electron chi connectivity index (χ0n) is 14.5. The molecule has 4 heteroatoms. The number of hydrogen-bond acceptors (Lipinski definition) is 2. The van der Waals surface area contributed by atoms with Crippen LogP contribution >= 0.6 is 0 Å². The predicted molar refractivity (Wildman–Crippen MR) is 103 cm³/mol. The van der Waals surface area contributed by atoms with Crippen LogP contribution in [-0.2, 0) is 6.54 Å². The molecule has 0 aliphatic rings. The quantitative estimate of drug-likeness (QED) is 0.729. The third-order valence-corrected chi connectivity index (χ3v) is 4.09. The van der Waals surface area contributed by atoms with Gasteiger partial charge in [-0.1, -0.05) is 48.5 Å². The topological polar surface area (TPSA) is 58.2 Å². The Kier molecular flexibility index (Phi) is 5.44. The highest BCUT2D eigenvalue weighted by atomic mass is 16.2. The Morgan fingerprint density at radius 2 is 1.42 bits per heavy atom. The van der Waals surface area contributed by atoms with Crippen molar-refractivity contribution in [2.45, 2.75) is 13.5 Å². The van der Waals surface area contributed by atoms with E-state index in [2.05, 4.69) is 10.6 Å². The van der Waals surface area contributed by atoms with Gasteiger partial charge >= 0.3 is 0 Å². The van der Waals surface area contributed by atoms with E-state index in [9.17, 15) is 9.59 Å². The molecule has 2 N–H and O–H groups in total. The van der Waals surface area contributed by atoms with E-state index in [0.29, 0.717) is 23.4 Å². The molecule has 2 amide bonds. The van der Waals surface area contributed by atoms with Gasteiger partial charge in [0.2, 0.25) is 0 Å². The summed E-state index contributed by atoms with van der Waals surface area (Å²) in [6.45, 7) is 2.38. The van der Waals surface area contributed by atoms with E-state index < -0.39 is 0 Å². The van der Waals surface area contributed by atoms with Crippen molar-refractivity contribution in [3.8, 4) is 0 Å². The molecule has 0 atom stereocenters. The number of rotatable bonds is 5. The average Bonchev–Trinajstić information content (AvgIpc) is 2.68. The summed E-state index contributed by atoms with van der Waals surface area (Å²) in [5.41, 5.74) is 3.80. The lowest BCUT2D eigenvalue weighted by Crippen LogP contribution is -2.22. The third kappa shape index (κ3) is 4.36. The van der Waals surface area contributed by atoms with E-state index in [1.54, 1.807) is 30.3 Å². The highest BCUT2D eigenvalue weighted by molar-refractivity contribution is 6.05. The molecule has 0 saturated heterocycles. The highest BCUT2D eigenvalue weighted by Crippen LogP contribution is 2.13. The summed E-state index contributed by atoms with van der Waals surface area (Å²) in [4.78, 5) is 24.5. The Morgan fingerprint density at radius 3 is 2.12 bits per heavy atom. The van der Waals surface area contributed by atoms with Crippen LogP contribution < -0.4 is 10.6 Å². The number of aryl methyl sites for hydroxylation is 1. The largest absolute Gasteiger partial charge is 0.348 e. The summed E-state index contributed by atoms with van der Waals surface area (Å²) in [5, 5.41) is 5.73. The fourth-order valence-electron chi connectivity index (χ4n) is 2.61. The summed E-state index contributed by atoms with van der Waals surface area (Å²) in [6, 6.07) is 24.0. The summed E-state index contributed by atoms with van der Waals surface area (Å²) in [6.07, 6.45) is 0. The van der Waals surface area contributed by atoms with Gasteiger partial charge in [0.15, 0.2) is 0 Å². The van der Waals surface area contributed by atoms with Gasteiger partial charge in [-0.2, -0.15) is 0 Å². The number of amides is 2. The first-order valence-electron chi connectivity index (χ1n) is 8.42. The van der Waals surface area contributed by atoms with E-state index in [1.165, 1.54) is 0 Å². The Morgan fingerprint density at radius 1 is 0.769 bits per heavy atom. The molecule has 0 unspecified atom stereocenters. The molecule has 3 aromatic rings. The minimum Gasteiger partial charge on any atom is -0.348 e. The van der Waals surface area contributed by atoms with Crippen LogP contribution in [0, 0.1) is 6.92 Å². The van der Waals surface area contributed by atoms with Gasteiger partial charge in [-0.25, -0.2) is 0 Å². The number of carbonyl (C=O) groups excluding carboxylic acids is 2. The molecule has 26 heavy (non-hydrogen) atoms. The summed E-state index contributed by atoms with van der Waals surface area (Å²) in [7, 11) is 0. The second kappa shape index (κ2) is 8.12. The first-order chi connectivity index (χ1) is 12.6. The molecule has 4 nitrogen and oxygen atoms in total. The molecule has 0 aromatic heterocycles. The Bertz CT molecular complexity index is 903. The first-order valence-corrected chi connectivity index (χ1v) is 8.42. The molecule has 0 heterocycles. The summed E-state index contributed by atoms with van der Waals surface area (Å²) < 4.78 is 0. The number of benzene rings is 3. The van der Waals surface area contributed by atoms with Crippen molar-refractivity contribution >= 4 is 17.5 Å². The van der Waals surface area contributed by atoms with Crippen molar-refractivity contribution in [3.63, 3.8) is 0 Å². The molecule has 0 radical (unpaired) electrons. The smallest absolute Gasteiger partial charge is 0.255 e. The van der Waals surface area contributed by atoms with Crippen LogP contribution in [-0.4, -0.2) is 11.8 Å². The molecule has 130 valence electrons. The third-order valence-electron chi connectivity index (χ3n) is 4.09. The molecular weight excluding hydrogens is 324 g/mol. The van der Waals surface area contributed by atoms with Crippen LogP contribution in [0.3, 0.4) is 0 Å². The standard InChI is InChI=1S/C22H20N2O2/c1-16-7-5-6-10-20(16)22(26)24-19-13-11-18(12-14-19)21(25)23-15-17-8-3-2-4-9-17/h2-14H,15H2,1H3,(H,23,25)(H,24,26). The van der Waals surface area contributed by atoms with E-state index in [1.807, 2.05) is 55.5 Å². The highest BCUT2D eigenvalue weighted by Gasteiger charge is 2.09. The van der Waals surface area contributed by atoms with Crippen LogP contribution in [0.4, 0.5) is 5.69 Å². The lowest BCUT2D eigenvalue weighted by Gasteiger charge is -2.09. The van der Waals surface area contributed by atoms with Gasteiger partial charge in [0.1, 0.15) is 0 Å². The predicted octanol–water partition coefficient (Wildman–Crippen LogP) is 4.18. The Balaban J connectivity index is 1.60. The molecule has 0 bridgehead atoms. The van der Waals surface area contributed by atoms with Gasteiger partial charge in [0.05, 0.1) is 0 Å². The monoisotopic (exact) mass is 344 g/mol. The van der Waals surface area contributed by atoms with Gasteiger partial charge < -0.3 is 10.6 Å². The molecule has 3 aromatic carbocycles. The maximum atomic E-state index is 12.3. The van der Waals surface area contributed by atoms with Crippen LogP contribution in [0.5, 0.6) is 0 Å². The number of carbonyl (C=O) groups is 2. The average molecular weight is 344 g/mol. The van der Waals surface area contributed by atoms with Gasteiger partial charge in [0.25, 0.3) is 11.8 Å². The van der Waals surface area contributed by atoms with Crippen LogP contribution in [0.25, 0.3) is 0 Å². The normalized spacial score (nSPS) is 10.2. The van der Waals surface area contributed by atoms with Crippen LogP contribution in [0.1, 0.15) is 31.8 Å². The van der Waals surface area contributed by atoms with E-state index in [4.69, 9.17) is 0 Å². The minimum absolute atomic E-state index is 0.148. The molecule has 3 rings (SSSR count). The zero-order valence-corrected chi connectivity index (χ0v) is 14.5. The lowest BCUT2D eigenvalue weighted by molar-refractivity contribution is 0.0950. The maximum absolute atomic E-state index is 12.3. The lowest BCUT2D eigenvalue weighted by atomic mass is 10.1. The minimum atomic E-state index is -0.163. The van der Waals surface area contributed by atoms with Gasteiger partial charge in [-0.05, 0) is 48.4 Å². The van der Waals surface area contributed by atoms with E-state index in [0.717, 1.165) is 11.1 Å². The van der Waals surface area contributed by atoms with Crippen LogP contribution in [0.15, 0.2) is 78.9 Å². The second-order valence-electron chi connectivity index (χ2n) is 6.01. The fraction of sp³-hybridized carbons (Fsp3) is 0.0909.